The van der Waals surface area contributed by atoms with E-state index in [1.807, 2.05) is 25.1 Å². The Morgan fingerprint density at radius 2 is 2.30 bits per heavy atom. The van der Waals surface area contributed by atoms with Crippen molar-refractivity contribution in [2.75, 3.05) is 6.54 Å². The lowest BCUT2D eigenvalue weighted by Crippen LogP contribution is -2.28. The number of carbonyl (C=O) groups is 1. The zero-order chi connectivity index (χ0) is 14.1. The maximum Gasteiger partial charge on any atom is 0.223 e. The van der Waals surface area contributed by atoms with Gasteiger partial charge < -0.3 is 9.88 Å². The number of rotatable bonds is 5. The van der Waals surface area contributed by atoms with Crippen LogP contribution in [0, 0.1) is 12.8 Å². The minimum Gasteiger partial charge on any atom is -0.354 e. The van der Waals surface area contributed by atoms with E-state index in [2.05, 4.69) is 14.9 Å². The van der Waals surface area contributed by atoms with E-state index >= 15 is 0 Å². The first-order valence-corrected chi connectivity index (χ1v) is 7.52. The van der Waals surface area contributed by atoms with Crippen molar-refractivity contribution in [3.05, 3.63) is 29.6 Å². The lowest BCUT2D eigenvalue weighted by molar-refractivity contribution is -0.122. The molecular weight excluding hydrogens is 274 g/mol. The Bertz CT molecular complexity index is 646. The predicted molar refractivity (Wildman–Crippen MR) is 79.8 cm³/mol. The molecule has 1 N–H and O–H groups in total. The van der Waals surface area contributed by atoms with Crippen LogP contribution in [0.25, 0.3) is 11.0 Å². The summed E-state index contributed by atoms with van der Waals surface area (Å²) in [4.78, 5) is 16.2. The first kappa shape index (κ1) is 13.4. The smallest absolute Gasteiger partial charge is 0.223 e. The van der Waals surface area contributed by atoms with Gasteiger partial charge in [0.05, 0.1) is 16.9 Å². The summed E-state index contributed by atoms with van der Waals surface area (Å²) in [6, 6.07) is 6.12. The Balaban J connectivity index is 1.78. The molecule has 1 saturated carbocycles. The largest absolute Gasteiger partial charge is 0.354 e. The number of aryl methyl sites for hydroxylation is 1. The number of carbonyl (C=O) groups excluding carboxylic acids is 1. The van der Waals surface area contributed by atoms with Gasteiger partial charge in [0.1, 0.15) is 5.82 Å². The average molecular weight is 292 g/mol. The Hall–Kier alpha value is -1.55. The van der Waals surface area contributed by atoms with E-state index in [4.69, 9.17) is 11.6 Å². The molecular formula is C15H18ClN3O. The molecule has 1 amide bonds. The number of halogens is 1. The molecule has 4 nitrogen and oxygen atoms in total. The Labute approximate surface area is 123 Å². The van der Waals surface area contributed by atoms with Gasteiger partial charge in [0, 0.05) is 19.0 Å². The minimum atomic E-state index is 0.179. The molecule has 1 fully saturated rings. The number of aromatic nitrogens is 2. The number of alkyl halides is 1. The van der Waals surface area contributed by atoms with Crippen LogP contribution in [0.15, 0.2) is 18.2 Å². The summed E-state index contributed by atoms with van der Waals surface area (Å²) in [5.74, 6) is 1.67. The van der Waals surface area contributed by atoms with E-state index in [9.17, 15) is 4.79 Å². The standard InChI is InChI=1S/C15H18ClN3O/c1-10-3-2-4-12-14(10)18-13(9-16)19(12)8-7-17-15(20)11-5-6-11/h2-4,11H,5-9H2,1H3,(H,17,20). The molecule has 1 aliphatic carbocycles. The van der Waals surface area contributed by atoms with Gasteiger partial charge >= 0.3 is 0 Å². The fourth-order valence-electron chi connectivity index (χ4n) is 2.47. The van der Waals surface area contributed by atoms with E-state index in [0.717, 1.165) is 35.3 Å². The van der Waals surface area contributed by atoms with Gasteiger partial charge in [-0.1, -0.05) is 12.1 Å². The summed E-state index contributed by atoms with van der Waals surface area (Å²) in [5.41, 5.74) is 3.23. The van der Waals surface area contributed by atoms with E-state index in [1.54, 1.807) is 0 Å². The molecule has 0 unspecified atom stereocenters. The SMILES string of the molecule is Cc1cccc2c1nc(CCl)n2CCNC(=O)C1CC1. The van der Waals surface area contributed by atoms with Gasteiger partial charge in [-0.2, -0.15) is 0 Å². The van der Waals surface area contributed by atoms with Crippen LogP contribution in [0.3, 0.4) is 0 Å². The van der Waals surface area contributed by atoms with Gasteiger partial charge in [-0.05, 0) is 31.4 Å². The second-order valence-corrected chi connectivity index (χ2v) is 5.59. The molecule has 0 aliphatic heterocycles. The number of imidazole rings is 1. The highest BCUT2D eigenvalue weighted by molar-refractivity contribution is 6.16. The second kappa shape index (κ2) is 5.44. The van der Waals surface area contributed by atoms with Crippen LogP contribution in [-0.4, -0.2) is 22.0 Å². The summed E-state index contributed by atoms with van der Waals surface area (Å²) in [7, 11) is 0. The molecule has 0 spiro atoms. The maximum absolute atomic E-state index is 11.6. The van der Waals surface area contributed by atoms with Crippen LogP contribution < -0.4 is 5.32 Å². The number of amides is 1. The van der Waals surface area contributed by atoms with Crippen molar-refractivity contribution >= 4 is 28.5 Å². The van der Waals surface area contributed by atoms with Crippen molar-refractivity contribution in [1.29, 1.82) is 0 Å². The predicted octanol–water partition coefficient (Wildman–Crippen LogP) is 2.61. The van der Waals surface area contributed by atoms with Crippen LogP contribution in [0.1, 0.15) is 24.2 Å². The van der Waals surface area contributed by atoms with Gasteiger partial charge in [0.2, 0.25) is 5.91 Å². The Morgan fingerprint density at radius 3 is 3.00 bits per heavy atom. The van der Waals surface area contributed by atoms with Crippen LogP contribution in [-0.2, 0) is 17.2 Å². The summed E-state index contributed by atoms with van der Waals surface area (Å²) in [6.07, 6.45) is 2.07. The molecule has 106 valence electrons. The lowest BCUT2D eigenvalue weighted by Gasteiger charge is -2.09. The van der Waals surface area contributed by atoms with Crippen molar-refractivity contribution in [2.24, 2.45) is 5.92 Å². The first-order chi connectivity index (χ1) is 9.70. The van der Waals surface area contributed by atoms with Crippen LogP contribution in [0.2, 0.25) is 0 Å². The molecule has 0 atom stereocenters. The number of hydrogen-bond acceptors (Lipinski definition) is 2. The van der Waals surface area contributed by atoms with Gasteiger partial charge in [0.15, 0.2) is 0 Å². The van der Waals surface area contributed by atoms with E-state index in [0.29, 0.717) is 19.0 Å². The number of hydrogen-bond donors (Lipinski definition) is 1. The summed E-state index contributed by atoms with van der Waals surface area (Å²) in [6.45, 7) is 3.38. The minimum absolute atomic E-state index is 0.179. The molecule has 20 heavy (non-hydrogen) atoms. The van der Waals surface area contributed by atoms with E-state index in [1.165, 1.54) is 0 Å². The number of para-hydroxylation sites is 1. The quantitative estimate of drug-likeness (QED) is 0.861. The fourth-order valence-corrected chi connectivity index (χ4v) is 2.67. The molecule has 2 aromatic rings. The third-order valence-corrected chi connectivity index (χ3v) is 4.00. The number of nitrogens with one attached hydrogen (secondary N) is 1. The molecule has 0 radical (unpaired) electrons. The number of fused-ring (bicyclic) bond motifs is 1. The molecule has 1 aromatic heterocycles. The zero-order valence-corrected chi connectivity index (χ0v) is 12.3. The molecule has 1 heterocycles. The van der Waals surface area contributed by atoms with Crippen molar-refractivity contribution in [3.8, 4) is 0 Å². The maximum atomic E-state index is 11.6. The molecule has 3 rings (SSSR count). The monoisotopic (exact) mass is 291 g/mol. The molecule has 1 aliphatic rings. The molecule has 1 aromatic carbocycles. The highest BCUT2D eigenvalue weighted by Gasteiger charge is 2.29. The van der Waals surface area contributed by atoms with Crippen molar-refractivity contribution in [2.45, 2.75) is 32.2 Å². The first-order valence-electron chi connectivity index (χ1n) is 6.99. The van der Waals surface area contributed by atoms with Crippen molar-refractivity contribution < 1.29 is 4.79 Å². The highest BCUT2D eigenvalue weighted by atomic mass is 35.5. The fraction of sp³-hybridized carbons (Fsp3) is 0.467. The number of nitrogens with zero attached hydrogens (tertiary/aromatic N) is 2. The summed E-state index contributed by atoms with van der Waals surface area (Å²) < 4.78 is 2.10. The highest BCUT2D eigenvalue weighted by Crippen LogP contribution is 2.28. The Kier molecular flexibility index (Phi) is 3.66. The van der Waals surface area contributed by atoms with Crippen LogP contribution in [0.4, 0.5) is 0 Å². The van der Waals surface area contributed by atoms with Crippen molar-refractivity contribution in [1.82, 2.24) is 14.9 Å². The van der Waals surface area contributed by atoms with E-state index in [-0.39, 0.29) is 11.8 Å². The Morgan fingerprint density at radius 1 is 1.50 bits per heavy atom. The van der Waals surface area contributed by atoms with Crippen LogP contribution in [0.5, 0.6) is 0 Å². The summed E-state index contributed by atoms with van der Waals surface area (Å²) >= 11 is 5.99. The topological polar surface area (TPSA) is 46.9 Å². The van der Waals surface area contributed by atoms with Gasteiger partial charge in [0.25, 0.3) is 0 Å². The van der Waals surface area contributed by atoms with Crippen LogP contribution >= 0.6 is 11.6 Å². The zero-order valence-electron chi connectivity index (χ0n) is 11.5. The number of benzene rings is 1. The van der Waals surface area contributed by atoms with E-state index < -0.39 is 0 Å². The van der Waals surface area contributed by atoms with Crippen molar-refractivity contribution in [3.63, 3.8) is 0 Å². The second-order valence-electron chi connectivity index (χ2n) is 5.32. The normalized spacial score (nSPS) is 14.7. The van der Waals surface area contributed by atoms with Gasteiger partial charge in [-0.25, -0.2) is 4.98 Å². The third-order valence-electron chi connectivity index (χ3n) is 3.76. The average Bonchev–Trinajstić information content (AvgIpc) is 3.23. The lowest BCUT2D eigenvalue weighted by atomic mass is 10.2. The molecule has 0 bridgehead atoms. The van der Waals surface area contributed by atoms with Gasteiger partial charge in [-0.15, -0.1) is 11.6 Å². The molecule has 5 heteroatoms. The van der Waals surface area contributed by atoms with Gasteiger partial charge in [-0.3, -0.25) is 4.79 Å². The third kappa shape index (κ3) is 2.52. The molecule has 0 saturated heterocycles. The summed E-state index contributed by atoms with van der Waals surface area (Å²) in [5, 5.41) is 2.98.